The molecule has 0 N–H and O–H groups in total. The van der Waals surface area contributed by atoms with Crippen molar-refractivity contribution in [2.75, 3.05) is 13.1 Å². The Morgan fingerprint density at radius 3 is 2.63 bits per heavy atom. The molecule has 1 aliphatic rings. The predicted molar refractivity (Wildman–Crippen MR) is 99.9 cm³/mol. The van der Waals surface area contributed by atoms with Gasteiger partial charge in [0.15, 0.2) is 0 Å². The molecule has 4 rings (SSSR count). The maximum absolute atomic E-state index is 13.0. The maximum Gasteiger partial charge on any atom is 0.257 e. The van der Waals surface area contributed by atoms with Gasteiger partial charge in [-0.1, -0.05) is 30.3 Å². The Labute approximate surface area is 157 Å². The molecule has 0 aliphatic carbocycles. The number of carbonyl (C=O) groups is 1. The Bertz CT molecular complexity index is 903. The quantitative estimate of drug-likeness (QED) is 0.695. The highest BCUT2D eigenvalue weighted by Crippen LogP contribution is 2.27. The van der Waals surface area contributed by atoms with Gasteiger partial charge >= 0.3 is 0 Å². The number of hydrogen-bond acceptors (Lipinski definition) is 5. The number of benzene rings is 2. The Balaban J connectivity index is 1.46. The molecule has 27 heavy (non-hydrogen) atoms. The fraction of sp³-hybridized carbons (Fsp3) is 0.190. The van der Waals surface area contributed by atoms with Gasteiger partial charge < -0.3 is 14.4 Å². The van der Waals surface area contributed by atoms with E-state index in [1.807, 2.05) is 48.5 Å². The number of likely N-dealkylation sites (tertiary alicyclic amines) is 1. The number of carbonyl (C=O) groups excluding carboxylic acids is 1. The van der Waals surface area contributed by atoms with E-state index in [0.29, 0.717) is 36.0 Å². The molecule has 1 atom stereocenters. The SMILES string of the molecule is O=C(c1ccccc1Oc1ccccc1)N1CCC(Oc2cccnn2)C1. The van der Waals surface area contributed by atoms with Crippen LogP contribution in [0.2, 0.25) is 0 Å². The lowest BCUT2D eigenvalue weighted by Crippen LogP contribution is -2.31. The van der Waals surface area contributed by atoms with Crippen LogP contribution in [0.25, 0.3) is 0 Å². The van der Waals surface area contributed by atoms with Crippen LogP contribution in [0, 0.1) is 0 Å². The van der Waals surface area contributed by atoms with Gasteiger partial charge in [0.2, 0.25) is 5.88 Å². The number of ether oxygens (including phenoxy) is 2. The molecule has 6 nitrogen and oxygen atoms in total. The topological polar surface area (TPSA) is 64.5 Å². The highest BCUT2D eigenvalue weighted by Gasteiger charge is 2.30. The van der Waals surface area contributed by atoms with Crippen LogP contribution in [-0.2, 0) is 0 Å². The van der Waals surface area contributed by atoms with Gasteiger partial charge in [-0.05, 0) is 30.3 Å². The molecule has 0 radical (unpaired) electrons. The summed E-state index contributed by atoms with van der Waals surface area (Å²) >= 11 is 0. The zero-order chi connectivity index (χ0) is 18.5. The third kappa shape index (κ3) is 4.06. The van der Waals surface area contributed by atoms with Crippen molar-refractivity contribution in [3.8, 4) is 17.4 Å². The summed E-state index contributed by atoms with van der Waals surface area (Å²) in [6.45, 7) is 1.14. The molecule has 1 saturated heterocycles. The van der Waals surface area contributed by atoms with E-state index in [1.165, 1.54) is 0 Å². The van der Waals surface area contributed by atoms with Gasteiger partial charge in [-0.15, -0.1) is 5.10 Å². The van der Waals surface area contributed by atoms with Crippen LogP contribution >= 0.6 is 0 Å². The molecular formula is C21H19N3O3. The van der Waals surface area contributed by atoms with E-state index in [1.54, 1.807) is 29.3 Å². The zero-order valence-electron chi connectivity index (χ0n) is 14.7. The molecule has 6 heteroatoms. The van der Waals surface area contributed by atoms with Crippen molar-refractivity contribution in [1.29, 1.82) is 0 Å². The highest BCUT2D eigenvalue weighted by atomic mass is 16.5. The number of rotatable bonds is 5. The van der Waals surface area contributed by atoms with Crippen LogP contribution < -0.4 is 9.47 Å². The van der Waals surface area contributed by atoms with Crippen molar-refractivity contribution >= 4 is 5.91 Å². The minimum atomic E-state index is -0.0900. The fourth-order valence-electron chi connectivity index (χ4n) is 3.05. The summed E-state index contributed by atoms with van der Waals surface area (Å²) in [5.74, 6) is 1.66. The lowest BCUT2D eigenvalue weighted by Gasteiger charge is -2.18. The van der Waals surface area contributed by atoms with E-state index in [9.17, 15) is 4.79 Å². The first-order valence-electron chi connectivity index (χ1n) is 8.85. The van der Waals surface area contributed by atoms with Crippen LogP contribution in [0.4, 0.5) is 0 Å². The van der Waals surface area contributed by atoms with E-state index in [-0.39, 0.29) is 12.0 Å². The first-order chi connectivity index (χ1) is 13.3. The minimum Gasteiger partial charge on any atom is -0.471 e. The van der Waals surface area contributed by atoms with Crippen molar-refractivity contribution in [3.05, 3.63) is 78.5 Å². The summed E-state index contributed by atoms with van der Waals surface area (Å²) in [6, 6.07) is 20.3. The normalized spacial score (nSPS) is 16.1. The van der Waals surface area contributed by atoms with Crippen LogP contribution in [0.3, 0.4) is 0 Å². The largest absolute Gasteiger partial charge is 0.471 e. The van der Waals surface area contributed by atoms with E-state index < -0.39 is 0 Å². The Morgan fingerprint density at radius 1 is 1.00 bits per heavy atom. The van der Waals surface area contributed by atoms with Gasteiger partial charge in [0, 0.05) is 25.2 Å². The summed E-state index contributed by atoms with van der Waals surface area (Å²) in [6.07, 6.45) is 2.26. The Hall–Kier alpha value is -3.41. The minimum absolute atomic E-state index is 0.0632. The van der Waals surface area contributed by atoms with E-state index in [2.05, 4.69) is 10.2 Å². The molecule has 2 aromatic carbocycles. The molecule has 1 unspecified atom stereocenters. The molecule has 0 bridgehead atoms. The van der Waals surface area contributed by atoms with Gasteiger partial charge in [0.1, 0.15) is 17.6 Å². The first kappa shape index (κ1) is 17.0. The summed E-state index contributed by atoms with van der Waals surface area (Å²) in [4.78, 5) is 14.8. The summed E-state index contributed by atoms with van der Waals surface area (Å²) in [5.41, 5.74) is 0.543. The summed E-state index contributed by atoms with van der Waals surface area (Å²) < 4.78 is 11.7. The molecule has 1 fully saturated rings. The van der Waals surface area contributed by atoms with Gasteiger partial charge in [0.05, 0.1) is 12.1 Å². The summed E-state index contributed by atoms with van der Waals surface area (Å²) in [5, 5.41) is 7.74. The van der Waals surface area contributed by atoms with Gasteiger partial charge in [-0.2, -0.15) is 5.10 Å². The van der Waals surface area contributed by atoms with Crippen molar-refractivity contribution in [2.45, 2.75) is 12.5 Å². The van der Waals surface area contributed by atoms with E-state index >= 15 is 0 Å². The predicted octanol–water partition coefficient (Wildman–Crippen LogP) is 3.56. The second-order valence-electron chi connectivity index (χ2n) is 6.25. The highest BCUT2D eigenvalue weighted by molar-refractivity contribution is 5.97. The monoisotopic (exact) mass is 361 g/mol. The lowest BCUT2D eigenvalue weighted by molar-refractivity contribution is 0.0768. The van der Waals surface area contributed by atoms with Gasteiger partial charge in [0.25, 0.3) is 5.91 Å². The van der Waals surface area contributed by atoms with Crippen molar-refractivity contribution in [3.63, 3.8) is 0 Å². The van der Waals surface area contributed by atoms with E-state index in [4.69, 9.17) is 9.47 Å². The molecule has 1 aliphatic heterocycles. The smallest absolute Gasteiger partial charge is 0.257 e. The zero-order valence-corrected chi connectivity index (χ0v) is 14.7. The van der Waals surface area contributed by atoms with Crippen LogP contribution in [0.15, 0.2) is 72.9 Å². The number of para-hydroxylation sites is 2. The summed E-state index contributed by atoms with van der Waals surface area (Å²) in [7, 11) is 0. The first-order valence-corrected chi connectivity index (χ1v) is 8.85. The second-order valence-corrected chi connectivity index (χ2v) is 6.25. The van der Waals surface area contributed by atoms with Gasteiger partial charge in [-0.3, -0.25) is 4.79 Å². The molecule has 1 amide bonds. The number of nitrogens with zero attached hydrogens (tertiary/aromatic N) is 3. The second kappa shape index (κ2) is 7.86. The standard InChI is InChI=1S/C21H19N3O3/c25-21(24-14-12-17(15-24)27-20-11-6-13-22-23-20)18-9-4-5-10-19(18)26-16-7-2-1-3-8-16/h1-11,13,17H,12,14-15H2. The molecule has 0 saturated carbocycles. The molecule has 136 valence electrons. The molecular weight excluding hydrogens is 342 g/mol. The molecule has 0 spiro atoms. The van der Waals surface area contributed by atoms with Crippen LogP contribution in [0.1, 0.15) is 16.8 Å². The molecule has 2 heterocycles. The van der Waals surface area contributed by atoms with Crippen molar-refractivity contribution in [1.82, 2.24) is 15.1 Å². The van der Waals surface area contributed by atoms with Crippen molar-refractivity contribution in [2.24, 2.45) is 0 Å². The number of amides is 1. The average molecular weight is 361 g/mol. The lowest BCUT2D eigenvalue weighted by atomic mass is 10.1. The third-order valence-electron chi connectivity index (χ3n) is 4.36. The molecule has 3 aromatic rings. The van der Waals surface area contributed by atoms with Crippen molar-refractivity contribution < 1.29 is 14.3 Å². The Morgan fingerprint density at radius 2 is 1.81 bits per heavy atom. The van der Waals surface area contributed by atoms with Gasteiger partial charge in [-0.25, -0.2) is 0 Å². The maximum atomic E-state index is 13.0. The number of aromatic nitrogens is 2. The van der Waals surface area contributed by atoms with Crippen LogP contribution in [-0.4, -0.2) is 40.2 Å². The van der Waals surface area contributed by atoms with Crippen LogP contribution in [0.5, 0.6) is 17.4 Å². The molecule has 1 aromatic heterocycles. The third-order valence-corrected chi connectivity index (χ3v) is 4.36. The van der Waals surface area contributed by atoms with E-state index in [0.717, 1.165) is 6.42 Å². The average Bonchev–Trinajstić information content (AvgIpc) is 3.18. The Kier molecular flexibility index (Phi) is 4.96. The number of hydrogen-bond donors (Lipinski definition) is 0. The fourth-order valence-corrected chi connectivity index (χ4v) is 3.05.